The highest BCUT2D eigenvalue weighted by Crippen LogP contribution is 2.23. The quantitative estimate of drug-likeness (QED) is 0.425. The molecule has 2 rings (SSSR count). The molecule has 2 aromatic carbocycles. The molecule has 0 fully saturated rings. The number of rotatable bonds is 6. The molecule has 0 aliphatic heterocycles. The zero-order valence-corrected chi connectivity index (χ0v) is 15.5. The molecule has 2 aromatic rings. The largest absolute Gasteiger partial charge is 0.392 e. The van der Waals surface area contributed by atoms with Gasteiger partial charge in [0.25, 0.3) is 11.4 Å². The number of nitrogens with zero attached hydrogens (tertiary/aromatic N) is 2. The summed E-state index contributed by atoms with van der Waals surface area (Å²) in [5, 5.41) is 56.7. The van der Waals surface area contributed by atoms with E-state index in [9.17, 15) is 20.2 Å². The van der Waals surface area contributed by atoms with Crippen LogP contribution >= 0.6 is 0 Å². The Labute approximate surface area is 160 Å². The van der Waals surface area contributed by atoms with E-state index in [2.05, 4.69) is 0 Å². The van der Waals surface area contributed by atoms with Crippen LogP contribution in [0.3, 0.4) is 0 Å². The average molecular weight is 394 g/mol. The van der Waals surface area contributed by atoms with Crippen molar-refractivity contribution in [2.75, 3.05) is 0 Å². The topological polar surface area (TPSA) is 167 Å². The van der Waals surface area contributed by atoms with Crippen LogP contribution in [0, 0.1) is 34.1 Å². The molecule has 0 heterocycles. The van der Waals surface area contributed by atoms with E-state index in [-0.39, 0.29) is 37.8 Å². The Kier molecular flexibility index (Phi) is 8.61. The predicted molar refractivity (Wildman–Crippen MR) is 99.4 cm³/mol. The number of hydrogen-bond acceptors (Lipinski definition) is 8. The van der Waals surface area contributed by atoms with Crippen molar-refractivity contribution < 1.29 is 30.3 Å². The second-order valence-electron chi connectivity index (χ2n) is 5.92. The van der Waals surface area contributed by atoms with Crippen molar-refractivity contribution in [3.8, 4) is 0 Å². The highest BCUT2D eigenvalue weighted by molar-refractivity contribution is 5.45. The number of aliphatic hydroxyl groups is 4. The number of nitro groups is 2. The summed E-state index contributed by atoms with van der Waals surface area (Å²) in [6.45, 7) is 2.36. The van der Waals surface area contributed by atoms with Crippen molar-refractivity contribution in [1.82, 2.24) is 0 Å². The lowest BCUT2D eigenvalue weighted by Crippen LogP contribution is -1.99. The second-order valence-corrected chi connectivity index (χ2v) is 5.92. The smallest absolute Gasteiger partial charge is 0.270 e. The van der Waals surface area contributed by atoms with Crippen molar-refractivity contribution in [3.63, 3.8) is 0 Å². The van der Waals surface area contributed by atoms with Crippen molar-refractivity contribution >= 4 is 11.4 Å². The second kappa shape index (κ2) is 10.4. The standard InChI is InChI=1S/2C9H11NO4/c2*1-6-7(4-11)2-9(10(13)14)3-8(6)5-12/h2*2-3,11-12H,4-5H2,1H3. The fraction of sp³-hybridized carbons (Fsp3) is 0.333. The van der Waals surface area contributed by atoms with Crippen LogP contribution in [-0.2, 0) is 26.4 Å². The lowest BCUT2D eigenvalue weighted by Gasteiger charge is -2.07. The maximum Gasteiger partial charge on any atom is 0.270 e. The Morgan fingerprint density at radius 3 is 1.00 bits per heavy atom. The summed E-state index contributed by atoms with van der Waals surface area (Å²) >= 11 is 0. The maximum absolute atomic E-state index is 10.5. The first kappa shape index (κ1) is 23.1. The van der Waals surface area contributed by atoms with E-state index in [0.717, 1.165) is 0 Å². The summed E-state index contributed by atoms with van der Waals surface area (Å²) in [5.74, 6) is 0. The van der Waals surface area contributed by atoms with Crippen LogP contribution in [-0.4, -0.2) is 30.3 Å². The minimum Gasteiger partial charge on any atom is -0.392 e. The molecule has 0 spiro atoms. The van der Waals surface area contributed by atoms with Gasteiger partial charge in [-0.25, -0.2) is 0 Å². The molecule has 10 nitrogen and oxygen atoms in total. The van der Waals surface area contributed by atoms with E-state index < -0.39 is 9.85 Å². The molecule has 0 unspecified atom stereocenters. The summed E-state index contributed by atoms with van der Waals surface area (Å²) in [6, 6.07) is 5.26. The predicted octanol–water partition coefficient (Wildman–Crippen LogP) is 1.78. The van der Waals surface area contributed by atoms with Crippen LogP contribution in [0.25, 0.3) is 0 Å². The minimum absolute atomic E-state index is 0.108. The molecule has 0 bridgehead atoms. The van der Waals surface area contributed by atoms with Crippen LogP contribution < -0.4 is 0 Å². The Morgan fingerprint density at radius 2 is 0.857 bits per heavy atom. The molecule has 0 saturated carbocycles. The van der Waals surface area contributed by atoms with E-state index in [1.165, 1.54) is 24.3 Å². The summed E-state index contributed by atoms with van der Waals surface area (Å²) in [6.07, 6.45) is 0. The number of non-ortho nitro benzene ring substituents is 2. The van der Waals surface area contributed by atoms with Crippen molar-refractivity contribution in [2.45, 2.75) is 40.3 Å². The molecular weight excluding hydrogens is 372 g/mol. The Bertz CT molecular complexity index is 745. The zero-order chi connectivity index (χ0) is 21.4. The summed E-state index contributed by atoms with van der Waals surface area (Å²) in [7, 11) is 0. The number of hydrogen-bond donors (Lipinski definition) is 4. The van der Waals surface area contributed by atoms with Gasteiger partial charge < -0.3 is 20.4 Å². The lowest BCUT2D eigenvalue weighted by molar-refractivity contribution is -0.385. The minimum atomic E-state index is -0.544. The van der Waals surface area contributed by atoms with Crippen molar-refractivity contribution in [3.05, 3.63) is 77.9 Å². The van der Waals surface area contributed by atoms with Gasteiger partial charge in [0.05, 0.1) is 36.3 Å². The van der Waals surface area contributed by atoms with Gasteiger partial charge >= 0.3 is 0 Å². The van der Waals surface area contributed by atoms with Gasteiger partial charge in [0.15, 0.2) is 0 Å². The van der Waals surface area contributed by atoms with Gasteiger partial charge in [-0.3, -0.25) is 20.2 Å². The van der Waals surface area contributed by atoms with Crippen LogP contribution in [0.2, 0.25) is 0 Å². The first-order valence-electron chi connectivity index (χ1n) is 8.17. The van der Waals surface area contributed by atoms with E-state index >= 15 is 0 Å². The molecule has 28 heavy (non-hydrogen) atoms. The fourth-order valence-electron chi connectivity index (χ4n) is 2.51. The highest BCUT2D eigenvalue weighted by Gasteiger charge is 2.13. The van der Waals surface area contributed by atoms with Gasteiger partial charge in [0, 0.05) is 24.3 Å². The van der Waals surface area contributed by atoms with E-state index in [1.807, 2.05) is 0 Å². The van der Waals surface area contributed by atoms with Gasteiger partial charge in [0.1, 0.15) is 0 Å². The van der Waals surface area contributed by atoms with E-state index in [4.69, 9.17) is 20.4 Å². The van der Waals surface area contributed by atoms with Crippen LogP contribution in [0.1, 0.15) is 33.4 Å². The van der Waals surface area contributed by atoms with E-state index in [1.54, 1.807) is 13.8 Å². The first-order chi connectivity index (χ1) is 13.2. The number of nitro benzene ring substituents is 2. The molecule has 0 radical (unpaired) electrons. The summed E-state index contributed by atoms with van der Waals surface area (Å²) in [5.41, 5.74) is 3.08. The third-order valence-electron chi connectivity index (χ3n) is 4.32. The summed E-state index contributed by atoms with van der Waals surface area (Å²) in [4.78, 5) is 19.9. The summed E-state index contributed by atoms with van der Waals surface area (Å²) < 4.78 is 0. The monoisotopic (exact) mass is 394 g/mol. The van der Waals surface area contributed by atoms with Gasteiger partial charge in [-0.1, -0.05) is 0 Å². The molecule has 0 atom stereocenters. The molecule has 152 valence electrons. The van der Waals surface area contributed by atoms with Crippen molar-refractivity contribution in [2.24, 2.45) is 0 Å². The van der Waals surface area contributed by atoms with Gasteiger partial charge in [-0.2, -0.15) is 0 Å². The van der Waals surface area contributed by atoms with Gasteiger partial charge in [-0.05, 0) is 47.2 Å². The van der Waals surface area contributed by atoms with Crippen LogP contribution in [0.15, 0.2) is 24.3 Å². The zero-order valence-electron chi connectivity index (χ0n) is 15.5. The third kappa shape index (κ3) is 5.54. The van der Waals surface area contributed by atoms with Crippen molar-refractivity contribution in [1.29, 1.82) is 0 Å². The lowest BCUT2D eigenvalue weighted by atomic mass is 10.0. The molecular formula is C18H22N2O8. The third-order valence-corrected chi connectivity index (χ3v) is 4.32. The molecule has 0 aliphatic carbocycles. The van der Waals surface area contributed by atoms with Gasteiger partial charge in [-0.15, -0.1) is 0 Å². The van der Waals surface area contributed by atoms with Gasteiger partial charge in [0.2, 0.25) is 0 Å². The fourth-order valence-corrected chi connectivity index (χ4v) is 2.51. The first-order valence-corrected chi connectivity index (χ1v) is 8.17. The molecule has 0 aromatic heterocycles. The van der Waals surface area contributed by atoms with E-state index in [0.29, 0.717) is 33.4 Å². The Balaban J connectivity index is 0.000000280. The number of aliphatic hydroxyl groups excluding tert-OH is 4. The maximum atomic E-state index is 10.5. The Morgan fingerprint density at radius 1 is 0.643 bits per heavy atom. The average Bonchev–Trinajstić information content (AvgIpc) is 2.68. The molecule has 10 heteroatoms. The SMILES string of the molecule is Cc1c(CO)cc([N+](=O)[O-])cc1CO.Cc1c(CO)cc([N+](=O)[O-])cc1CO. The van der Waals surface area contributed by atoms with Crippen LogP contribution in [0.4, 0.5) is 11.4 Å². The molecule has 0 saturated heterocycles. The Hall–Kier alpha value is -2.92. The molecule has 4 N–H and O–H groups in total. The van der Waals surface area contributed by atoms with Crippen LogP contribution in [0.5, 0.6) is 0 Å². The normalized spacial score (nSPS) is 10.2. The molecule has 0 aliphatic rings. The molecule has 0 amide bonds. The number of benzene rings is 2. The highest BCUT2D eigenvalue weighted by atomic mass is 16.6.